The summed E-state index contributed by atoms with van der Waals surface area (Å²) >= 11 is 0. The first-order valence-electron chi connectivity index (χ1n) is 11.8. The number of hydrogen-bond donors (Lipinski definition) is 5. The summed E-state index contributed by atoms with van der Waals surface area (Å²) in [5.41, 5.74) is 3.27. The van der Waals surface area contributed by atoms with Crippen LogP contribution in [0.15, 0.2) is 48.8 Å². The molecule has 0 aliphatic heterocycles. The molecule has 0 saturated carbocycles. The molecule has 2 amide bonds. The predicted molar refractivity (Wildman–Crippen MR) is 133 cm³/mol. The number of hydroxylamine groups is 1. The highest BCUT2D eigenvalue weighted by atomic mass is 16.5. The van der Waals surface area contributed by atoms with Crippen LogP contribution >= 0.6 is 0 Å². The molecule has 2 aromatic rings. The van der Waals surface area contributed by atoms with Crippen LogP contribution < -0.4 is 16.7 Å². The molecule has 35 heavy (non-hydrogen) atoms. The van der Waals surface area contributed by atoms with Gasteiger partial charge in [-0.05, 0) is 30.2 Å². The Balaban J connectivity index is 2.79. The summed E-state index contributed by atoms with van der Waals surface area (Å²) in [6.07, 6.45) is 7.14. The third-order valence-electron chi connectivity index (χ3n) is 6.08. The van der Waals surface area contributed by atoms with Gasteiger partial charge in [0, 0.05) is 12.4 Å². The molecular weight excluding hydrogens is 446 g/mol. The van der Waals surface area contributed by atoms with E-state index in [1.807, 2.05) is 58.0 Å². The van der Waals surface area contributed by atoms with Gasteiger partial charge in [0.25, 0.3) is 0 Å². The molecule has 9 heteroatoms. The molecule has 0 aliphatic carbocycles. The third-order valence-corrected chi connectivity index (χ3v) is 6.08. The highest BCUT2D eigenvalue weighted by Gasteiger charge is 2.52. The van der Waals surface area contributed by atoms with E-state index >= 15 is 0 Å². The number of aromatic nitrogens is 2. The van der Waals surface area contributed by atoms with Crippen LogP contribution in [0.2, 0.25) is 0 Å². The van der Waals surface area contributed by atoms with E-state index in [2.05, 4.69) is 15.4 Å². The van der Waals surface area contributed by atoms with Crippen molar-refractivity contribution in [2.45, 2.75) is 47.0 Å². The standard InChI is InChI=1S/C26H37N5O4/c1-17(2)14-20(24(33)30-27)23(25(34)31-35)26(16-18(3)4,11-10-19-8-6-5-7-9-19)21(32)15-22-28-12-13-29-22/h5-13,17-18,20,23,35H,14-16,27H2,1-4H3,(H,28,29)(H,30,33)(H,31,34)/b11-10+/t20-,23-,26?/m1/s1. The van der Waals surface area contributed by atoms with Crippen LogP contribution in [0.4, 0.5) is 0 Å². The lowest BCUT2D eigenvalue weighted by atomic mass is 9.60. The number of hydrazine groups is 1. The second-order valence-electron chi connectivity index (χ2n) is 9.72. The Labute approximate surface area is 206 Å². The molecule has 6 N–H and O–H groups in total. The maximum atomic E-state index is 14.1. The Bertz CT molecular complexity index is 988. The Hall–Kier alpha value is -3.30. The van der Waals surface area contributed by atoms with Crippen LogP contribution in [0.25, 0.3) is 6.08 Å². The number of nitrogens with one attached hydrogen (secondary N) is 3. The van der Waals surface area contributed by atoms with E-state index in [0.717, 1.165) is 5.56 Å². The van der Waals surface area contributed by atoms with Gasteiger partial charge in [-0.1, -0.05) is 70.2 Å². The minimum Gasteiger partial charge on any atom is -0.348 e. The number of H-pyrrole nitrogens is 1. The van der Waals surface area contributed by atoms with E-state index in [1.54, 1.807) is 30.0 Å². The maximum absolute atomic E-state index is 14.1. The van der Waals surface area contributed by atoms with E-state index in [0.29, 0.717) is 5.82 Å². The Morgan fingerprint density at radius 1 is 1.11 bits per heavy atom. The smallest absolute Gasteiger partial charge is 0.248 e. The Kier molecular flexibility index (Phi) is 10.4. The number of aromatic amines is 1. The molecule has 0 fully saturated rings. The number of allylic oxidation sites excluding steroid dienone is 1. The number of amides is 2. The number of nitrogens with zero attached hydrogens (tertiary/aromatic N) is 1. The van der Waals surface area contributed by atoms with Gasteiger partial charge in [0.2, 0.25) is 11.8 Å². The molecule has 0 spiro atoms. The number of hydrogen-bond acceptors (Lipinski definition) is 6. The third kappa shape index (κ3) is 7.34. The molecule has 1 heterocycles. The lowest BCUT2D eigenvalue weighted by molar-refractivity contribution is -0.151. The van der Waals surface area contributed by atoms with Gasteiger partial charge in [-0.15, -0.1) is 0 Å². The molecule has 1 aromatic carbocycles. The summed E-state index contributed by atoms with van der Waals surface area (Å²) in [5, 5.41) is 9.75. The minimum absolute atomic E-state index is 0.0151. The first kappa shape index (κ1) is 27.9. The second-order valence-corrected chi connectivity index (χ2v) is 9.72. The van der Waals surface area contributed by atoms with Crippen LogP contribution in [-0.2, 0) is 20.8 Å². The zero-order valence-electron chi connectivity index (χ0n) is 20.8. The highest BCUT2D eigenvalue weighted by Crippen LogP contribution is 2.45. The van der Waals surface area contributed by atoms with Crippen molar-refractivity contribution in [3.05, 3.63) is 60.2 Å². The molecule has 1 aromatic heterocycles. The monoisotopic (exact) mass is 483 g/mol. The normalized spacial score (nSPS) is 15.1. The van der Waals surface area contributed by atoms with Crippen molar-refractivity contribution in [1.82, 2.24) is 20.9 Å². The van der Waals surface area contributed by atoms with E-state index in [4.69, 9.17) is 5.84 Å². The van der Waals surface area contributed by atoms with Crippen molar-refractivity contribution in [3.63, 3.8) is 0 Å². The zero-order valence-corrected chi connectivity index (χ0v) is 20.8. The highest BCUT2D eigenvalue weighted by molar-refractivity contribution is 5.97. The summed E-state index contributed by atoms with van der Waals surface area (Å²) in [6, 6.07) is 9.39. The topological polar surface area (TPSA) is 150 Å². The van der Waals surface area contributed by atoms with E-state index < -0.39 is 29.1 Å². The SMILES string of the molecule is CC(C)C[C@@H](C(=O)NN)[C@H](C(=O)NO)C(/C=C/c1ccccc1)(CC(C)C)C(=O)Cc1ncc[nH]1. The molecular formula is C26H37N5O4. The van der Waals surface area contributed by atoms with Crippen LogP contribution in [0.3, 0.4) is 0 Å². The van der Waals surface area contributed by atoms with Crippen molar-refractivity contribution in [2.75, 3.05) is 0 Å². The summed E-state index contributed by atoms with van der Waals surface area (Å²) in [5.74, 6) is 2.09. The number of benzene rings is 1. The van der Waals surface area contributed by atoms with E-state index in [-0.39, 0.29) is 36.9 Å². The number of ketones is 1. The van der Waals surface area contributed by atoms with Gasteiger partial charge in [0.1, 0.15) is 5.82 Å². The quantitative estimate of drug-likeness (QED) is 0.128. The van der Waals surface area contributed by atoms with Gasteiger partial charge >= 0.3 is 0 Å². The van der Waals surface area contributed by atoms with Crippen molar-refractivity contribution < 1.29 is 19.6 Å². The molecule has 2 rings (SSSR count). The molecule has 0 radical (unpaired) electrons. The summed E-state index contributed by atoms with van der Waals surface area (Å²) in [7, 11) is 0. The first-order valence-corrected chi connectivity index (χ1v) is 11.8. The summed E-state index contributed by atoms with van der Waals surface area (Å²) in [6.45, 7) is 7.72. The molecule has 190 valence electrons. The second kappa shape index (κ2) is 13.0. The van der Waals surface area contributed by atoms with Gasteiger partial charge in [-0.2, -0.15) is 0 Å². The van der Waals surface area contributed by atoms with Crippen molar-refractivity contribution in [3.8, 4) is 0 Å². The lowest BCUT2D eigenvalue weighted by Gasteiger charge is -2.41. The van der Waals surface area contributed by atoms with Crippen molar-refractivity contribution in [1.29, 1.82) is 0 Å². The van der Waals surface area contributed by atoms with E-state index in [1.165, 1.54) is 0 Å². The van der Waals surface area contributed by atoms with Gasteiger partial charge in [-0.3, -0.25) is 25.0 Å². The van der Waals surface area contributed by atoms with Gasteiger partial charge < -0.3 is 4.98 Å². The zero-order chi connectivity index (χ0) is 26.0. The molecule has 0 bridgehead atoms. The molecule has 0 aliphatic rings. The van der Waals surface area contributed by atoms with Crippen molar-refractivity contribution in [2.24, 2.45) is 34.9 Å². The van der Waals surface area contributed by atoms with Crippen LogP contribution in [-0.4, -0.2) is 32.8 Å². The Morgan fingerprint density at radius 2 is 1.80 bits per heavy atom. The largest absolute Gasteiger partial charge is 0.348 e. The van der Waals surface area contributed by atoms with E-state index in [9.17, 15) is 19.6 Å². The van der Waals surface area contributed by atoms with Gasteiger partial charge in [0.15, 0.2) is 5.78 Å². The fraction of sp³-hybridized carbons (Fsp3) is 0.462. The molecule has 9 nitrogen and oxygen atoms in total. The number of carbonyl (C=O) groups excluding carboxylic acids is 3. The summed E-state index contributed by atoms with van der Waals surface area (Å²) in [4.78, 5) is 47.6. The number of carbonyl (C=O) groups is 3. The number of rotatable bonds is 13. The summed E-state index contributed by atoms with van der Waals surface area (Å²) < 4.78 is 0. The lowest BCUT2D eigenvalue weighted by Crippen LogP contribution is -2.54. The van der Waals surface area contributed by atoms with Crippen LogP contribution in [0, 0.1) is 29.1 Å². The molecule has 0 saturated heterocycles. The Morgan fingerprint density at radius 3 is 2.31 bits per heavy atom. The predicted octanol–water partition coefficient (Wildman–Crippen LogP) is 3.04. The number of Topliss-reactive ketones (excluding diaryl/α,β-unsaturated/α-hetero) is 1. The van der Waals surface area contributed by atoms with Gasteiger partial charge in [-0.25, -0.2) is 16.3 Å². The first-order chi connectivity index (χ1) is 16.6. The number of imidazole rings is 1. The average molecular weight is 484 g/mol. The molecule has 3 atom stereocenters. The van der Waals surface area contributed by atoms with Crippen molar-refractivity contribution >= 4 is 23.7 Å². The van der Waals surface area contributed by atoms with Crippen LogP contribution in [0.1, 0.15) is 51.9 Å². The van der Waals surface area contributed by atoms with Crippen LogP contribution in [0.5, 0.6) is 0 Å². The maximum Gasteiger partial charge on any atom is 0.248 e. The number of nitrogens with two attached hydrogens (primary N) is 1. The average Bonchev–Trinajstić information content (AvgIpc) is 3.34. The molecule has 1 unspecified atom stereocenters. The van der Waals surface area contributed by atoms with Gasteiger partial charge in [0.05, 0.1) is 23.7 Å². The fourth-order valence-electron chi connectivity index (χ4n) is 4.73. The fourth-order valence-corrected chi connectivity index (χ4v) is 4.73. The minimum atomic E-state index is -1.43.